The molecule has 3 rings (SSSR count). The molecule has 0 radical (unpaired) electrons. The molecule has 0 bridgehead atoms. The molecular weight excluding hydrogens is 208 g/mol. The first-order chi connectivity index (χ1) is 8.40. The molecule has 2 heteroatoms. The maximum atomic E-state index is 5.89. The van der Waals surface area contributed by atoms with Crippen molar-refractivity contribution in [3.05, 3.63) is 42.2 Å². The van der Waals surface area contributed by atoms with Crippen molar-refractivity contribution in [1.82, 2.24) is 4.98 Å². The van der Waals surface area contributed by atoms with Gasteiger partial charge in [-0.3, -0.25) is 4.98 Å². The fourth-order valence-corrected chi connectivity index (χ4v) is 3.20. The Hall–Kier alpha value is -1.41. The number of hydrogen-bond acceptors (Lipinski definition) is 2. The Balaban J connectivity index is 2.10. The predicted octanol–water partition coefficient (Wildman–Crippen LogP) is 3.08. The van der Waals surface area contributed by atoms with E-state index in [9.17, 15) is 0 Å². The van der Waals surface area contributed by atoms with Gasteiger partial charge in [0.25, 0.3) is 0 Å². The molecule has 0 amide bonds. The van der Waals surface area contributed by atoms with Gasteiger partial charge in [0.2, 0.25) is 0 Å². The number of hydrogen-bond donors (Lipinski definition) is 1. The molecule has 1 fully saturated rings. The Labute approximate surface area is 102 Å². The van der Waals surface area contributed by atoms with Crippen LogP contribution in [0.25, 0.3) is 10.8 Å². The van der Waals surface area contributed by atoms with Crippen molar-refractivity contribution < 1.29 is 0 Å². The molecule has 88 valence electrons. The molecule has 1 saturated carbocycles. The highest BCUT2D eigenvalue weighted by Crippen LogP contribution is 2.41. The number of pyridine rings is 1. The largest absolute Gasteiger partial charge is 0.330 e. The number of fused-ring (bicyclic) bond motifs is 1. The Morgan fingerprint density at radius 3 is 3.06 bits per heavy atom. The summed E-state index contributed by atoms with van der Waals surface area (Å²) in [7, 11) is 0. The monoisotopic (exact) mass is 226 g/mol. The van der Waals surface area contributed by atoms with Gasteiger partial charge < -0.3 is 5.73 Å². The van der Waals surface area contributed by atoms with Gasteiger partial charge in [0.1, 0.15) is 0 Å². The van der Waals surface area contributed by atoms with Crippen LogP contribution in [-0.2, 0) is 0 Å². The fraction of sp³-hybridized carbons (Fsp3) is 0.400. The van der Waals surface area contributed by atoms with Gasteiger partial charge in [0, 0.05) is 17.8 Å². The van der Waals surface area contributed by atoms with Crippen LogP contribution in [-0.4, -0.2) is 11.5 Å². The van der Waals surface area contributed by atoms with Crippen molar-refractivity contribution in [3.8, 4) is 0 Å². The van der Waals surface area contributed by atoms with Gasteiger partial charge in [-0.25, -0.2) is 0 Å². The first-order valence-corrected chi connectivity index (χ1v) is 6.43. The third-order valence-electron chi connectivity index (χ3n) is 4.08. The maximum Gasteiger partial charge on any atom is 0.0346 e. The zero-order valence-electron chi connectivity index (χ0n) is 9.97. The van der Waals surface area contributed by atoms with Crippen LogP contribution in [0.4, 0.5) is 0 Å². The van der Waals surface area contributed by atoms with E-state index in [0.29, 0.717) is 11.8 Å². The van der Waals surface area contributed by atoms with E-state index in [0.717, 1.165) is 6.54 Å². The van der Waals surface area contributed by atoms with Gasteiger partial charge in [-0.05, 0) is 48.2 Å². The minimum atomic E-state index is 0.645. The van der Waals surface area contributed by atoms with Crippen LogP contribution in [0, 0.1) is 5.92 Å². The minimum Gasteiger partial charge on any atom is -0.330 e. The second-order valence-electron chi connectivity index (χ2n) is 4.98. The van der Waals surface area contributed by atoms with Crippen molar-refractivity contribution in [2.24, 2.45) is 11.7 Å². The summed E-state index contributed by atoms with van der Waals surface area (Å²) in [6.45, 7) is 0.812. The third kappa shape index (κ3) is 1.83. The molecule has 1 aliphatic rings. The summed E-state index contributed by atoms with van der Waals surface area (Å²) < 4.78 is 0. The van der Waals surface area contributed by atoms with E-state index in [-0.39, 0.29) is 0 Å². The molecule has 1 aromatic heterocycles. The lowest BCUT2D eigenvalue weighted by Gasteiger charge is -2.20. The van der Waals surface area contributed by atoms with Crippen LogP contribution in [0.2, 0.25) is 0 Å². The Kier molecular flexibility index (Phi) is 2.81. The molecule has 1 aromatic carbocycles. The number of nitrogens with two attached hydrogens (primary N) is 1. The molecule has 2 nitrogen and oxygen atoms in total. The van der Waals surface area contributed by atoms with Gasteiger partial charge in [-0.1, -0.05) is 24.6 Å². The average Bonchev–Trinajstić information content (AvgIpc) is 2.86. The van der Waals surface area contributed by atoms with Crippen molar-refractivity contribution in [1.29, 1.82) is 0 Å². The summed E-state index contributed by atoms with van der Waals surface area (Å²) >= 11 is 0. The summed E-state index contributed by atoms with van der Waals surface area (Å²) in [5.41, 5.74) is 7.36. The summed E-state index contributed by atoms with van der Waals surface area (Å²) in [6, 6.07) is 8.68. The van der Waals surface area contributed by atoms with Gasteiger partial charge in [0.15, 0.2) is 0 Å². The van der Waals surface area contributed by atoms with E-state index in [4.69, 9.17) is 5.73 Å². The predicted molar refractivity (Wildman–Crippen MR) is 70.9 cm³/mol. The van der Waals surface area contributed by atoms with Gasteiger partial charge in [0.05, 0.1) is 0 Å². The van der Waals surface area contributed by atoms with Crippen molar-refractivity contribution in [2.75, 3.05) is 6.54 Å². The molecule has 1 heterocycles. The molecule has 17 heavy (non-hydrogen) atoms. The lowest BCUT2D eigenvalue weighted by molar-refractivity contribution is 0.498. The lowest BCUT2D eigenvalue weighted by Crippen LogP contribution is -2.17. The van der Waals surface area contributed by atoms with E-state index < -0.39 is 0 Å². The van der Waals surface area contributed by atoms with Gasteiger partial charge in [-0.2, -0.15) is 0 Å². The van der Waals surface area contributed by atoms with Crippen LogP contribution >= 0.6 is 0 Å². The lowest BCUT2D eigenvalue weighted by atomic mass is 9.86. The number of nitrogens with zero attached hydrogens (tertiary/aromatic N) is 1. The van der Waals surface area contributed by atoms with Crippen LogP contribution < -0.4 is 5.73 Å². The minimum absolute atomic E-state index is 0.645. The quantitative estimate of drug-likeness (QED) is 0.854. The summed E-state index contributed by atoms with van der Waals surface area (Å²) in [5, 5.41) is 2.60. The molecule has 0 saturated heterocycles. The maximum absolute atomic E-state index is 5.89. The highest BCUT2D eigenvalue weighted by Gasteiger charge is 2.28. The van der Waals surface area contributed by atoms with E-state index in [2.05, 4.69) is 29.2 Å². The molecule has 2 N–H and O–H groups in total. The van der Waals surface area contributed by atoms with Gasteiger partial charge in [-0.15, -0.1) is 0 Å². The smallest absolute Gasteiger partial charge is 0.0346 e. The van der Waals surface area contributed by atoms with E-state index in [1.807, 2.05) is 12.4 Å². The van der Waals surface area contributed by atoms with E-state index in [1.165, 1.54) is 35.6 Å². The fourth-order valence-electron chi connectivity index (χ4n) is 3.20. The van der Waals surface area contributed by atoms with Crippen LogP contribution in [0.3, 0.4) is 0 Å². The molecular formula is C15H18N2. The Morgan fingerprint density at radius 2 is 2.18 bits per heavy atom. The highest BCUT2D eigenvalue weighted by atomic mass is 14.6. The Morgan fingerprint density at radius 1 is 1.24 bits per heavy atom. The standard InChI is InChI=1S/C15H18N2/c16-9-11-3-1-5-13(11)15-6-2-4-12-10-17-8-7-14(12)15/h2,4,6-8,10-11,13H,1,3,5,9,16H2. The van der Waals surface area contributed by atoms with Crippen molar-refractivity contribution in [2.45, 2.75) is 25.2 Å². The summed E-state index contributed by atoms with van der Waals surface area (Å²) in [4.78, 5) is 4.20. The van der Waals surface area contributed by atoms with Crippen molar-refractivity contribution in [3.63, 3.8) is 0 Å². The zero-order chi connectivity index (χ0) is 11.7. The van der Waals surface area contributed by atoms with Crippen molar-refractivity contribution >= 4 is 10.8 Å². The molecule has 2 unspecified atom stereocenters. The number of benzene rings is 1. The normalized spacial score (nSPS) is 24.3. The van der Waals surface area contributed by atoms with Crippen LogP contribution in [0.1, 0.15) is 30.7 Å². The summed E-state index contributed by atoms with van der Waals surface area (Å²) in [6.07, 6.45) is 7.71. The number of aromatic nitrogens is 1. The second-order valence-corrected chi connectivity index (χ2v) is 4.98. The van der Waals surface area contributed by atoms with Crippen LogP contribution in [0.5, 0.6) is 0 Å². The number of rotatable bonds is 2. The summed E-state index contributed by atoms with van der Waals surface area (Å²) in [5.74, 6) is 1.31. The highest BCUT2D eigenvalue weighted by molar-refractivity contribution is 5.85. The zero-order valence-corrected chi connectivity index (χ0v) is 9.97. The average molecular weight is 226 g/mol. The topological polar surface area (TPSA) is 38.9 Å². The molecule has 0 spiro atoms. The van der Waals surface area contributed by atoms with Gasteiger partial charge >= 0.3 is 0 Å². The van der Waals surface area contributed by atoms with E-state index in [1.54, 1.807) is 0 Å². The molecule has 2 atom stereocenters. The first-order valence-electron chi connectivity index (χ1n) is 6.43. The molecule has 2 aromatic rings. The first kappa shape index (κ1) is 10.7. The Bertz CT molecular complexity index is 516. The third-order valence-corrected chi connectivity index (χ3v) is 4.08. The second kappa shape index (κ2) is 4.46. The SMILES string of the molecule is NCC1CCCC1c1cccc2cnccc12. The van der Waals surface area contributed by atoms with E-state index >= 15 is 0 Å². The van der Waals surface area contributed by atoms with Crippen LogP contribution in [0.15, 0.2) is 36.7 Å². The molecule has 0 aliphatic heterocycles. The molecule has 1 aliphatic carbocycles.